The number of ether oxygens (including phenoxy) is 1. The number of amides is 1. The average Bonchev–Trinajstić information content (AvgIpc) is 2.62. The van der Waals surface area contributed by atoms with E-state index in [1.54, 1.807) is 0 Å². The lowest BCUT2D eigenvalue weighted by Crippen LogP contribution is -2.38. The maximum atomic E-state index is 12.4. The summed E-state index contributed by atoms with van der Waals surface area (Å²) < 4.78 is 4.68. The fraction of sp³-hybridized carbons (Fsp3) is 0.222. The molecule has 0 heterocycles. The number of carbonyl (C=O) groups excluding carboxylic acids is 2. The molecular weight excluding hydrogens is 324 g/mol. The third kappa shape index (κ3) is 5.42. The maximum Gasteiger partial charge on any atom is 0.307 e. The molecule has 7 heteroatoms. The van der Waals surface area contributed by atoms with Crippen LogP contribution in [0.1, 0.15) is 22.3 Å². The van der Waals surface area contributed by atoms with E-state index in [-0.39, 0.29) is 17.7 Å². The van der Waals surface area contributed by atoms with Gasteiger partial charge in [0.1, 0.15) is 0 Å². The van der Waals surface area contributed by atoms with E-state index in [1.807, 2.05) is 30.3 Å². The summed E-state index contributed by atoms with van der Waals surface area (Å²) >= 11 is 0. The Hall–Kier alpha value is -3.22. The molecule has 0 aliphatic rings. The van der Waals surface area contributed by atoms with E-state index in [9.17, 15) is 19.7 Å². The highest BCUT2D eigenvalue weighted by molar-refractivity contribution is 5.94. The van der Waals surface area contributed by atoms with Crippen LogP contribution in [0.25, 0.3) is 0 Å². The topological polar surface area (TPSA) is 98.5 Å². The van der Waals surface area contributed by atoms with Gasteiger partial charge in [-0.3, -0.25) is 19.7 Å². The van der Waals surface area contributed by atoms with E-state index in [2.05, 4.69) is 10.1 Å². The van der Waals surface area contributed by atoms with Crippen LogP contribution in [0.2, 0.25) is 0 Å². The van der Waals surface area contributed by atoms with Crippen LogP contribution >= 0.6 is 0 Å². The number of carbonyl (C=O) groups is 2. The summed E-state index contributed by atoms with van der Waals surface area (Å²) in [6, 6.07) is 14.3. The second kappa shape index (κ2) is 8.58. The Labute approximate surface area is 144 Å². The van der Waals surface area contributed by atoms with Crippen LogP contribution in [0.3, 0.4) is 0 Å². The Morgan fingerprint density at radius 1 is 1.12 bits per heavy atom. The first-order valence-corrected chi connectivity index (χ1v) is 7.65. The number of hydrogen-bond donors (Lipinski definition) is 1. The van der Waals surface area contributed by atoms with Gasteiger partial charge >= 0.3 is 5.97 Å². The molecule has 2 rings (SSSR count). The minimum absolute atomic E-state index is 0.0319. The van der Waals surface area contributed by atoms with Gasteiger partial charge in [0.15, 0.2) is 0 Å². The fourth-order valence-corrected chi connectivity index (χ4v) is 2.36. The van der Waals surface area contributed by atoms with Crippen LogP contribution in [0, 0.1) is 10.1 Å². The highest BCUT2D eigenvalue weighted by Gasteiger charge is 2.19. The van der Waals surface area contributed by atoms with E-state index in [0.717, 1.165) is 5.56 Å². The first-order valence-electron chi connectivity index (χ1n) is 7.65. The molecule has 2 aromatic carbocycles. The molecule has 0 fully saturated rings. The van der Waals surface area contributed by atoms with Crippen molar-refractivity contribution in [1.29, 1.82) is 0 Å². The lowest BCUT2D eigenvalue weighted by Gasteiger charge is -2.18. The van der Waals surface area contributed by atoms with Gasteiger partial charge in [0.2, 0.25) is 0 Å². The van der Waals surface area contributed by atoms with Crippen LogP contribution in [0.5, 0.6) is 0 Å². The van der Waals surface area contributed by atoms with Crippen LogP contribution in [0.4, 0.5) is 5.69 Å². The smallest absolute Gasteiger partial charge is 0.307 e. The third-order valence-electron chi connectivity index (χ3n) is 3.64. The minimum Gasteiger partial charge on any atom is -0.469 e. The summed E-state index contributed by atoms with van der Waals surface area (Å²) in [6.45, 7) is 0. The Morgan fingerprint density at radius 2 is 1.76 bits per heavy atom. The van der Waals surface area contributed by atoms with Crippen molar-refractivity contribution in [1.82, 2.24) is 5.32 Å². The summed E-state index contributed by atoms with van der Waals surface area (Å²) in [5.41, 5.74) is 1.17. The molecule has 1 atom stereocenters. The molecule has 1 N–H and O–H groups in total. The minimum atomic E-state index is -0.531. The standard InChI is InChI=1S/C18H18N2O5/c1-25-17(21)12-15(11-13-5-3-2-4-6-13)19-18(22)14-7-9-16(10-8-14)20(23)24/h2-10,15H,11-12H2,1H3,(H,19,22)/t15-/m1/s1. The fourth-order valence-electron chi connectivity index (χ4n) is 2.36. The van der Waals surface area contributed by atoms with Crippen molar-refractivity contribution < 1.29 is 19.2 Å². The molecule has 25 heavy (non-hydrogen) atoms. The number of esters is 1. The summed E-state index contributed by atoms with van der Waals surface area (Å²) in [6.07, 6.45) is 0.499. The molecule has 0 saturated carbocycles. The Bertz CT molecular complexity index is 744. The highest BCUT2D eigenvalue weighted by Crippen LogP contribution is 2.13. The molecule has 0 bridgehead atoms. The van der Waals surface area contributed by atoms with Gasteiger partial charge in [-0.25, -0.2) is 0 Å². The molecular formula is C18H18N2O5. The van der Waals surface area contributed by atoms with Gasteiger partial charge in [0.05, 0.1) is 18.5 Å². The number of hydrogen-bond acceptors (Lipinski definition) is 5. The van der Waals surface area contributed by atoms with E-state index in [1.165, 1.54) is 31.4 Å². The van der Waals surface area contributed by atoms with Gasteiger partial charge in [-0.1, -0.05) is 30.3 Å². The lowest BCUT2D eigenvalue weighted by molar-refractivity contribution is -0.384. The largest absolute Gasteiger partial charge is 0.469 e. The first-order chi connectivity index (χ1) is 12.0. The number of rotatable bonds is 7. The molecule has 0 radical (unpaired) electrons. The number of non-ortho nitro benzene ring substituents is 1. The van der Waals surface area contributed by atoms with Crippen LogP contribution in [-0.4, -0.2) is 30.0 Å². The Morgan fingerprint density at radius 3 is 2.32 bits per heavy atom. The lowest BCUT2D eigenvalue weighted by atomic mass is 10.0. The van der Waals surface area contributed by atoms with Crippen molar-refractivity contribution >= 4 is 17.6 Å². The Balaban J connectivity index is 2.10. The summed E-state index contributed by atoms with van der Waals surface area (Å²) in [5, 5.41) is 13.5. The van der Waals surface area contributed by atoms with Gasteiger partial charge in [0, 0.05) is 23.7 Å². The predicted octanol–water partition coefficient (Wildman–Crippen LogP) is 2.50. The predicted molar refractivity (Wildman–Crippen MR) is 91.1 cm³/mol. The van der Waals surface area contributed by atoms with Crippen molar-refractivity contribution in [3.05, 3.63) is 75.8 Å². The zero-order chi connectivity index (χ0) is 18.2. The molecule has 0 unspecified atom stereocenters. The number of nitrogens with zero attached hydrogens (tertiary/aromatic N) is 1. The van der Waals surface area contributed by atoms with E-state index >= 15 is 0 Å². The number of nitro benzene ring substituents is 1. The number of benzene rings is 2. The molecule has 0 aliphatic carbocycles. The van der Waals surface area contributed by atoms with Gasteiger partial charge in [-0.2, -0.15) is 0 Å². The SMILES string of the molecule is COC(=O)C[C@@H](Cc1ccccc1)NC(=O)c1ccc([N+](=O)[O-])cc1. The normalized spacial score (nSPS) is 11.4. The molecule has 0 aromatic heterocycles. The number of nitrogens with one attached hydrogen (secondary N) is 1. The molecule has 130 valence electrons. The molecule has 0 spiro atoms. The van der Waals surface area contributed by atoms with Crippen LogP contribution < -0.4 is 5.32 Å². The molecule has 1 amide bonds. The van der Waals surface area contributed by atoms with Gasteiger partial charge < -0.3 is 10.1 Å². The highest BCUT2D eigenvalue weighted by atomic mass is 16.6. The zero-order valence-electron chi connectivity index (χ0n) is 13.7. The van der Waals surface area contributed by atoms with Gasteiger partial charge in [-0.15, -0.1) is 0 Å². The number of methoxy groups -OCH3 is 1. The van der Waals surface area contributed by atoms with E-state index < -0.39 is 22.8 Å². The van der Waals surface area contributed by atoms with Crippen molar-refractivity contribution in [2.75, 3.05) is 7.11 Å². The molecule has 7 nitrogen and oxygen atoms in total. The zero-order valence-corrected chi connectivity index (χ0v) is 13.7. The van der Waals surface area contributed by atoms with Crippen molar-refractivity contribution in [2.24, 2.45) is 0 Å². The van der Waals surface area contributed by atoms with E-state index in [0.29, 0.717) is 6.42 Å². The molecule has 0 saturated heterocycles. The third-order valence-corrected chi connectivity index (χ3v) is 3.64. The van der Waals surface area contributed by atoms with Crippen molar-refractivity contribution in [3.8, 4) is 0 Å². The monoisotopic (exact) mass is 342 g/mol. The summed E-state index contributed by atoms with van der Waals surface area (Å²) in [4.78, 5) is 34.1. The average molecular weight is 342 g/mol. The van der Waals surface area contributed by atoms with E-state index in [4.69, 9.17) is 0 Å². The van der Waals surface area contributed by atoms with Gasteiger partial charge in [-0.05, 0) is 24.1 Å². The molecule has 0 aliphatic heterocycles. The number of nitro groups is 1. The van der Waals surface area contributed by atoms with Crippen LogP contribution in [0.15, 0.2) is 54.6 Å². The second-order valence-corrected chi connectivity index (χ2v) is 5.44. The second-order valence-electron chi connectivity index (χ2n) is 5.44. The first kappa shape index (κ1) is 18.1. The Kier molecular flexibility index (Phi) is 6.22. The molecule has 2 aromatic rings. The van der Waals surface area contributed by atoms with Crippen molar-refractivity contribution in [3.63, 3.8) is 0 Å². The van der Waals surface area contributed by atoms with Crippen molar-refractivity contribution in [2.45, 2.75) is 18.9 Å². The van der Waals surface area contributed by atoms with Gasteiger partial charge in [0.25, 0.3) is 11.6 Å². The summed E-state index contributed by atoms with van der Waals surface area (Å²) in [7, 11) is 1.29. The summed E-state index contributed by atoms with van der Waals surface area (Å²) in [5.74, 6) is -0.829. The van der Waals surface area contributed by atoms with Crippen LogP contribution in [-0.2, 0) is 16.0 Å². The quantitative estimate of drug-likeness (QED) is 0.473. The maximum absolute atomic E-state index is 12.4.